The zero-order valence-corrected chi connectivity index (χ0v) is 13.4. The third-order valence-electron chi connectivity index (χ3n) is 4.22. The molecule has 4 rings (SSSR count). The summed E-state index contributed by atoms with van der Waals surface area (Å²) in [4.78, 5) is 11.9. The van der Waals surface area contributed by atoms with Crippen molar-refractivity contribution < 1.29 is 4.42 Å². The maximum atomic E-state index is 11.9. The van der Waals surface area contributed by atoms with Gasteiger partial charge in [0.25, 0.3) is 0 Å². The first kappa shape index (κ1) is 13.8. The second-order valence-corrected chi connectivity index (χ2v) is 6.08. The number of rotatable bonds is 1. The first-order valence-corrected chi connectivity index (χ1v) is 7.66. The van der Waals surface area contributed by atoms with Crippen molar-refractivity contribution in [3.05, 3.63) is 75.8 Å². The van der Waals surface area contributed by atoms with Crippen LogP contribution in [0.1, 0.15) is 17.0 Å². The highest BCUT2D eigenvalue weighted by Crippen LogP contribution is 2.30. The van der Waals surface area contributed by atoms with Crippen molar-refractivity contribution in [3.8, 4) is 5.69 Å². The van der Waals surface area contributed by atoms with Gasteiger partial charge in [-0.15, -0.1) is 0 Å². The lowest BCUT2D eigenvalue weighted by Crippen LogP contribution is -2.05. The largest absolute Gasteiger partial charge is 0.461 e. The Kier molecular flexibility index (Phi) is 2.91. The fraction of sp³-hybridized carbons (Fsp3) is 0.150. The molecule has 0 aliphatic heterocycles. The Bertz CT molecular complexity index is 1080. The Morgan fingerprint density at radius 3 is 2.39 bits per heavy atom. The van der Waals surface area contributed by atoms with Gasteiger partial charge in [-0.05, 0) is 50.4 Å². The van der Waals surface area contributed by atoms with Crippen LogP contribution in [0.4, 0.5) is 0 Å². The number of hydrogen-bond acceptors (Lipinski definition) is 2. The van der Waals surface area contributed by atoms with Crippen molar-refractivity contribution in [3.63, 3.8) is 0 Å². The topological polar surface area (TPSA) is 35.1 Å². The van der Waals surface area contributed by atoms with E-state index in [1.54, 1.807) is 12.1 Å². The minimum absolute atomic E-state index is 0.0272. The fourth-order valence-corrected chi connectivity index (χ4v) is 3.24. The van der Waals surface area contributed by atoms with Crippen LogP contribution in [-0.4, -0.2) is 4.57 Å². The molecule has 2 heterocycles. The molecule has 0 fully saturated rings. The zero-order chi connectivity index (χ0) is 16.1. The molecular formula is C20H17NO2. The summed E-state index contributed by atoms with van der Waals surface area (Å²) in [5.74, 6) is 0.788. The molecular weight excluding hydrogens is 286 g/mol. The number of benzene rings is 2. The zero-order valence-electron chi connectivity index (χ0n) is 13.4. The lowest BCUT2D eigenvalue weighted by molar-refractivity contribution is 0.567. The summed E-state index contributed by atoms with van der Waals surface area (Å²) in [5.41, 5.74) is 5.09. The van der Waals surface area contributed by atoms with Gasteiger partial charge in [-0.25, -0.2) is 0 Å². The van der Waals surface area contributed by atoms with E-state index >= 15 is 0 Å². The summed E-state index contributed by atoms with van der Waals surface area (Å²) < 4.78 is 7.99. The standard InChI is InChI=1S/C20H17NO2/c1-12-4-6-16(7-5-12)21-13(2)8-15-10-17(22)11-19-20(15)18(21)9-14(3)23-19/h4-11H,1-3H3. The fourth-order valence-electron chi connectivity index (χ4n) is 3.24. The van der Waals surface area contributed by atoms with Crippen molar-refractivity contribution in [2.75, 3.05) is 0 Å². The molecule has 114 valence electrons. The Morgan fingerprint density at radius 1 is 0.913 bits per heavy atom. The van der Waals surface area contributed by atoms with Crippen LogP contribution in [0.15, 0.2) is 57.7 Å². The van der Waals surface area contributed by atoms with Gasteiger partial charge in [-0.2, -0.15) is 0 Å². The van der Waals surface area contributed by atoms with Gasteiger partial charge in [0.15, 0.2) is 5.43 Å². The molecule has 0 N–H and O–H groups in total. The molecule has 2 aromatic carbocycles. The minimum Gasteiger partial charge on any atom is -0.461 e. The summed E-state index contributed by atoms with van der Waals surface area (Å²) >= 11 is 0. The van der Waals surface area contributed by atoms with Crippen LogP contribution < -0.4 is 5.43 Å². The summed E-state index contributed by atoms with van der Waals surface area (Å²) in [6.45, 7) is 6.05. The van der Waals surface area contributed by atoms with Crippen LogP contribution in [0.5, 0.6) is 0 Å². The molecule has 4 aromatic rings. The number of hydrogen-bond donors (Lipinski definition) is 0. The molecule has 0 radical (unpaired) electrons. The molecule has 0 bridgehead atoms. The predicted octanol–water partition coefficient (Wildman–Crippen LogP) is 4.66. The van der Waals surface area contributed by atoms with E-state index in [4.69, 9.17) is 4.42 Å². The van der Waals surface area contributed by atoms with Crippen LogP contribution in [-0.2, 0) is 0 Å². The SMILES string of the molecule is Cc1ccc(-n2c(C)cc3cc(=O)cc4oc(C)cc2c34)cc1. The van der Waals surface area contributed by atoms with Gasteiger partial charge in [0, 0.05) is 28.9 Å². The van der Waals surface area contributed by atoms with Gasteiger partial charge in [0.1, 0.15) is 11.3 Å². The highest BCUT2D eigenvalue weighted by molar-refractivity contribution is 6.06. The average molecular weight is 303 g/mol. The molecule has 0 saturated carbocycles. The second-order valence-electron chi connectivity index (χ2n) is 6.08. The molecule has 0 atom stereocenters. The minimum atomic E-state index is -0.0272. The number of pyridine rings is 1. The van der Waals surface area contributed by atoms with Crippen molar-refractivity contribution >= 4 is 21.9 Å². The van der Waals surface area contributed by atoms with Crippen LogP contribution >= 0.6 is 0 Å². The molecule has 0 spiro atoms. The monoisotopic (exact) mass is 303 g/mol. The van der Waals surface area contributed by atoms with Crippen LogP contribution in [0.25, 0.3) is 27.6 Å². The lowest BCUT2D eigenvalue weighted by Gasteiger charge is -2.18. The van der Waals surface area contributed by atoms with Crippen molar-refractivity contribution in [1.82, 2.24) is 4.57 Å². The summed E-state index contributed by atoms with van der Waals surface area (Å²) in [6, 6.07) is 15.8. The molecule has 0 unspecified atom stereocenters. The lowest BCUT2D eigenvalue weighted by atomic mass is 10.1. The van der Waals surface area contributed by atoms with E-state index in [0.717, 1.165) is 33.4 Å². The molecule has 23 heavy (non-hydrogen) atoms. The van der Waals surface area contributed by atoms with Crippen molar-refractivity contribution in [2.24, 2.45) is 0 Å². The number of aromatic nitrogens is 1. The Balaban J connectivity index is 2.21. The molecule has 3 heteroatoms. The Labute approximate surface area is 133 Å². The molecule has 0 saturated heterocycles. The second kappa shape index (κ2) is 4.85. The van der Waals surface area contributed by atoms with E-state index < -0.39 is 0 Å². The molecule has 0 amide bonds. The first-order valence-electron chi connectivity index (χ1n) is 7.66. The third kappa shape index (κ3) is 2.16. The first-order chi connectivity index (χ1) is 11.0. The van der Waals surface area contributed by atoms with E-state index in [1.165, 1.54) is 5.56 Å². The molecule has 0 aliphatic carbocycles. The van der Waals surface area contributed by atoms with Crippen LogP contribution in [0, 0.1) is 20.8 Å². The van der Waals surface area contributed by atoms with E-state index in [2.05, 4.69) is 42.7 Å². The average Bonchev–Trinajstić information content (AvgIpc) is 2.47. The Hall–Kier alpha value is -2.81. The van der Waals surface area contributed by atoms with Crippen molar-refractivity contribution in [1.29, 1.82) is 0 Å². The summed E-state index contributed by atoms with van der Waals surface area (Å²) in [7, 11) is 0. The van der Waals surface area contributed by atoms with Gasteiger partial charge in [0.2, 0.25) is 0 Å². The Morgan fingerprint density at radius 2 is 1.65 bits per heavy atom. The van der Waals surface area contributed by atoms with Gasteiger partial charge in [-0.3, -0.25) is 4.79 Å². The quantitative estimate of drug-likeness (QED) is 0.512. The van der Waals surface area contributed by atoms with Gasteiger partial charge < -0.3 is 8.98 Å². The number of nitrogens with zero attached hydrogens (tertiary/aromatic N) is 1. The van der Waals surface area contributed by atoms with Crippen molar-refractivity contribution in [2.45, 2.75) is 20.8 Å². The normalized spacial score (nSPS) is 11.4. The predicted molar refractivity (Wildman–Crippen MR) is 93.5 cm³/mol. The number of aryl methyl sites for hydroxylation is 3. The van der Waals surface area contributed by atoms with E-state index in [0.29, 0.717) is 5.58 Å². The highest BCUT2D eigenvalue weighted by atomic mass is 16.3. The van der Waals surface area contributed by atoms with E-state index in [9.17, 15) is 4.79 Å². The van der Waals surface area contributed by atoms with E-state index in [1.807, 2.05) is 19.1 Å². The summed E-state index contributed by atoms with van der Waals surface area (Å²) in [5, 5.41) is 1.91. The smallest absolute Gasteiger partial charge is 0.182 e. The maximum absolute atomic E-state index is 11.9. The molecule has 3 nitrogen and oxygen atoms in total. The highest BCUT2D eigenvalue weighted by Gasteiger charge is 2.13. The maximum Gasteiger partial charge on any atom is 0.182 e. The summed E-state index contributed by atoms with van der Waals surface area (Å²) in [6.07, 6.45) is 0. The van der Waals surface area contributed by atoms with Gasteiger partial charge >= 0.3 is 0 Å². The molecule has 2 aromatic heterocycles. The van der Waals surface area contributed by atoms with Crippen LogP contribution in [0.2, 0.25) is 0 Å². The van der Waals surface area contributed by atoms with E-state index in [-0.39, 0.29) is 5.43 Å². The van der Waals surface area contributed by atoms with Gasteiger partial charge in [0.05, 0.1) is 5.52 Å². The van der Waals surface area contributed by atoms with Crippen LogP contribution in [0.3, 0.4) is 0 Å². The third-order valence-corrected chi connectivity index (χ3v) is 4.22. The molecule has 0 aliphatic rings. The van der Waals surface area contributed by atoms with Gasteiger partial charge in [-0.1, -0.05) is 17.7 Å².